The number of unbranched alkanes of at least 4 members (excludes halogenated alkanes) is 6. The lowest BCUT2D eigenvalue weighted by Gasteiger charge is -2.08. The quantitative estimate of drug-likeness (QED) is 0.489. The highest BCUT2D eigenvalue weighted by atomic mass is 16.5. The van der Waals surface area contributed by atoms with Crippen molar-refractivity contribution in [2.75, 3.05) is 7.11 Å². The van der Waals surface area contributed by atoms with E-state index < -0.39 is 0 Å². The number of phenolic OH excluding ortho intramolecular Hbond substituents is 1. The Morgan fingerprint density at radius 1 is 0.913 bits per heavy atom. The average molecular weight is 322 g/mol. The summed E-state index contributed by atoms with van der Waals surface area (Å²) in [4.78, 5) is 0. The molecule has 0 heterocycles. The summed E-state index contributed by atoms with van der Waals surface area (Å²) in [6.45, 7) is 2.12. The molecule has 0 aliphatic carbocycles. The van der Waals surface area contributed by atoms with Crippen LogP contribution in [0.2, 0.25) is 0 Å². The molecule has 0 aliphatic heterocycles. The average Bonchev–Trinajstić information content (AvgIpc) is 2.53. The second kappa shape index (κ2) is 12.2. The van der Waals surface area contributed by atoms with Gasteiger partial charge in [-0.1, -0.05) is 51.9 Å². The van der Waals surface area contributed by atoms with E-state index in [1.165, 1.54) is 32.1 Å². The van der Waals surface area contributed by atoms with E-state index in [9.17, 15) is 10.2 Å². The second-order valence-corrected chi connectivity index (χ2v) is 6.50. The van der Waals surface area contributed by atoms with Gasteiger partial charge in [0.2, 0.25) is 0 Å². The summed E-state index contributed by atoms with van der Waals surface area (Å²) in [5.41, 5.74) is 1.15. The third-order valence-electron chi connectivity index (χ3n) is 4.31. The molecule has 3 heteroatoms. The Morgan fingerprint density at radius 2 is 1.57 bits per heavy atom. The molecule has 0 amide bonds. The Labute approximate surface area is 141 Å². The predicted molar refractivity (Wildman–Crippen MR) is 96.2 cm³/mol. The summed E-state index contributed by atoms with van der Waals surface area (Å²) >= 11 is 0. The lowest BCUT2D eigenvalue weighted by atomic mass is 10.0. The molecule has 3 nitrogen and oxygen atoms in total. The highest BCUT2D eigenvalue weighted by Gasteiger charge is 2.02. The van der Waals surface area contributed by atoms with Crippen molar-refractivity contribution < 1.29 is 14.9 Å². The van der Waals surface area contributed by atoms with Gasteiger partial charge < -0.3 is 14.9 Å². The van der Waals surface area contributed by atoms with Gasteiger partial charge in [0.1, 0.15) is 11.5 Å². The standard InChI is InChI=1S/C20H34O3/c1-3-11-18(21)13-10-8-6-4-5-7-9-12-17-14-19(22)16-20(15-17)23-2/h14-16,18,21-22H,3-13H2,1-2H3/t18-/m0/s1. The molecule has 0 radical (unpaired) electrons. The first-order valence-corrected chi connectivity index (χ1v) is 9.20. The molecule has 0 bridgehead atoms. The van der Waals surface area contributed by atoms with Crippen LogP contribution in [0.5, 0.6) is 11.5 Å². The first-order chi connectivity index (χ1) is 11.2. The summed E-state index contributed by atoms with van der Waals surface area (Å²) in [5.74, 6) is 1.01. The van der Waals surface area contributed by atoms with E-state index in [2.05, 4.69) is 6.92 Å². The molecule has 0 fully saturated rings. The minimum absolute atomic E-state index is 0.0840. The van der Waals surface area contributed by atoms with Gasteiger partial charge in [-0.3, -0.25) is 0 Å². The number of ether oxygens (including phenoxy) is 1. The van der Waals surface area contributed by atoms with Crippen molar-refractivity contribution in [2.45, 2.75) is 83.7 Å². The van der Waals surface area contributed by atoms with Gasteiger partial charge in [-0.15, -0.1) is 0 Å². The Hall–Kier alpha value is -1.22. The Bertz CT molecular complexity index is 417. The molecular formula is C20H34O3. The molecule has 2 N–H and O–H groups in total. The highest BCUT2D eigenvalue weighted by Crippen LogP contribution is 2.23. The van der Waals surface area contributed by atoms with E-state index in [-0.39, 0.29) is 11.9 Å². The van der Waals surface area contributed by atoms with Gasteiger partial charge in [-0.2, -0.15) is 0 Å². The fourth-order valence-electron chi connectivity index (χ4n) is 2.98. The van der Waals surface area contributed by atoms with Crippen molar-refractivity contribution in [3.05, 3.63) is 23.8 Å². The first kappa shape index (κ1) is 19.8. The number of aromatic hydroxyl groups is 1. The van der Waals surface area contributed by atoms with E-state index in [1.807, 2.05) is 12.1 Å². The monoisotopic (exact) mass is 322 g/mol. The zero-order chi connectivity index (χ0) is 16.9. The van der Waals surface area contributed by atoms with Crippen LogP contribution in [0.3, 0.4) is 0 Å². The maximum Gasteiger partial charge on any atom is 0.122 e. The number of hydrogen-bond acceptors (Lipinski definition) is 3. The van der Waals surface area contributed by atoms with Crippen LogP contribution in [0.1, 0.15) is 76.7 Å². The zero-order valence-electron chi connectivity index (χ0n) is 14.9. The minimum atomic E-state index is -0.0840. The topological polar surface area (TPSA) is 49.7 Å². The summed E-state index contributed by atoms with van der Waals surface area (Å²) in [5, 5.41) is 19.3. The molecular weight excluding hydrogens is 288 g/mol. The summed E-state index contributed by atoms with van der Waals surface area (Å²) < 4.78 is 5.17. The van der Waals surface area contributed by atoms with Crippen LogP contribution in [-0.2, 0) is 6.42 Å². The fourth-order valence-corrected chi connectivity index (χ4v) is 2.98. The molecule has 0 spiro atoms. The van der Waals surface area contributed by atoms with Crippen LogP contribution < -0.4 is 4.74 Å². The number of phenols is 1. The van der Waals surface area contributed by atoms with Crippen LogP contribution in [0.15, 0.2) is 18.2 Å². The molecule has 0 aliphatic rings. The van der Waals surface area contributed by atoms with E-state index in [1.54, 1.807) is 13.2 Å². The van der Waals surface area contributed by atoms with Crippen LogP contribution >= 0.6 is 0 Å². The van der Waals surface area contributed by atoms with Crippen LogP contribution in [-0.4, -0.2) is 23.4 Å². The SMILES string of the molecule is CCC[C@H](O)CCCCCCCCCc1cc(O)cc(OC)c1. The number of benzene rings is 1. The van der Waals surface area contributed by atoms with Crippen molar-refractivity contribution in [1.29, 1.82) is 0 Å². The summed E-state index contributed by atoms with van der Waals surface area (Å²) in [6.07, 6.45) is 12.5. The number of aliphatic hydroxyl groups excluding tert-OH is 1. The summed E-state index contributed by atoms with van der Waals surface area (Å²) in [7, 11) is 1.62. The van der Waals surface area contributed by atoms with Gasteiger partial charge >= 0.3 is 0 Å². The van der Waals surface area contributed by atoms with Crippen molar-refractivity contribution >= 4 is 0 Å². The lowest BCUT2D eigenvalue weighted by molar-refractivity contribution is 0.150. The van der Waals surface area contributed by atoms with Gasteiger partial charge in [0, 0.05) is 6.07 Å². The molecule has 1 aromatic rings. The van der Waals surface area contributed by atoms with Crippen molar-refractivity contribution in [3.8, 4) is 11.5 Å². The predicted octanol–water partition coefficient (Wildman–Crippen LogP) is 5.23. The fraction of sp³-hybridized carbons (Fsp3) is 0.700. The molecule has 1 atom stereocenters. The number of aryl methyl sites for hydroxylation is 1. The molecule has 0 saturated heterocycles. The van der Waals surface area contributed by atoms with Gasteiger partial charge in [0.05, 0.1) is 13.2 Å². The molecule has 0 unspecified atom stereocenters. The van der Waals surface area contributed by atoms with E-state index in [4.69, 9.17) is 4.74 Å². The minimum Gasteiger partial charge on any atom is -0.508 e. The largest absolute Gasteiger partial charge is 0.508 e. The molecule has 132 valence electrons. The number of rotatable bonds is 13. The van der Waals surface area contributed by atoms with Crippen molar-refractivity contribution in [1.82, 2.24) is 0 Å². The smallest absolute Gasteiger partial charge is 0.122 e. The Balaban J connectivity index is 2.00. The van der Waals surface area contributed by atoms with Crippen LogP contribution in [0.25, 0.3) is 0 Å². The number of aliphatic hydroxyl groups is 1. The van der Waals surface area contributed by atoms with Crippen LogP contribution in [0.4, 0.5) is 0 Å². The van der Waals surface area contributed by atoms with E-state index >= 15 is 0 Å². The normalized spacial score (nSPS) is 12.3. The number of methoxy groups -OCH3 is 1. The van der Waals surface area contributed by atoms with E-state index in [0.29, 0.717) is 0 Å². The third-order valence-corrected chi connectivity index (χ3v) is 4.31. The second-order valence-electron chi connectivity index (χ2n) is 6.50. The van der Waals surface area contributed by atoms with Crippen molar-refractivity contribution in [3.63, 3.8) is 0 Å². The third kappa shape index (κ3) is 9.50. The van der Waals surface area contributed by atoms with Gasteiger partial charge in [0.15, 0.2) is 0 Å². The number of hydrogen-bond donors (Lipinski definition) is 2. The Morgan fingerprint density at radius 3 is 2.22 bits per heavy atom. The first-order valence-electron chi connectivity index (χ1n) is 9.20. The molecule has 0 saturated carbocycles. The molecule has 0 aromatic heterocycles. The molecule has 1 rings (SSSR count). The molecule has 23 heavy (non-hydrogen) atoms. The lowest BCUT2D eigenvalue weighted by Crippen LogP contribution is -2.04. The summed E-state index contributed by atoms with van der Waals surface area (Å²) in [6, 6.07) is 5.46. The molecule has 1 aromatic carbocycles. The van der Waals surface area contributed by atoms with Gasteiger partial charge in [-0.05, 0) is 43.4 Å². The zero-order valence-corrected chi connectivity index (χ0v) is 14.9. The maximum atomic E-state index is 9.66. The van der Waals surface area contributed by atoms with Gasteiger partial charge in [0.25, 0.3) is 0 Å². The van der Waals surface area contributed by atoms with Crippen molar-refractivity contribution in [2.24, 2.45) is 0 Å². The maximum absolute atomic E-state index is 9.66. The van der Waals surface area contributed by atoms with Gasteiger partial charge in [-0.25, -0.2) is 0 Å². The Kier molecular flexibility index (Phi) is 10.5. The van der Waals surface area contributed by atoms with Crippen LogP contribution in [0, 0.1) is 0 Å². The highest BCUT2D eigenvalue weighted by molar-refractivity contribution is 5.37. The van der Waals surface area contributed by atoms with E-state index in [0.717, 1.165) is 49.8 Å².